The Bertz CT molecular complexity index is 899. The van der Waals surface area contributed by atoms with Gasteiger partial charge in [0.1, 0.15) is 6.21 Å². The number of benzene rings is 3. The summed E-state index contributed by atoms with van der Waals surface area (Å²) in [6.45, 7) is 0. The lowest BCUT2D eigenvalue weighted by molar-refractivity contribution is 0.106. The maximum absolute atomic E-state index is 11.8. The predicted molar refractivity (Wildman–Crippen MR) is 93.3 cm³/mol. The second-order valence-corrected chi connectivity index (χ2v) is 5.00. The normalized spacial score (nSPS) is 10.7. The van der Waals surface area contributed by atoms with Crippen molar-refractivity contribution in [2.24, 2.45) is 5.16 Å². The Kier molecular flexibility index (Phi) is 4.62. The summed E-state index contributed by atoms with van der Waals surface area (Å²) in [5.74, 6) is -0.339. The predicted octanol–water partition coefficient (Wildman–Crippen LogP) is 4.26. The van der Waals surface area contributed by atoms with Crippen LogP contribution in [0.15, 0.2) is 78.0 Å². The summed E-state index contributed by atoms with van der Waals surface area (Å²) in [6, 6.07) is 21.8. The van der Waals surface area contributed by atoms with Gasteiger partial charge in [0.2, 0.25) is 5.78 Å². The molecule has 0 aliphatic carbocycles. The zero-order chi connectivity index (χ0) is 16.8. The maximum Gasteiger partial charge on any atom is 0.437 e. The molecule has 0 radical (unpaired) electrons. The van der Waals surface area contributed by atoms with Crippen LogP contribution in [0.25, 0.3) is 10.8 Å². The van der Waals surface area contributed by atoms with Crippen LogP contribution in [0, 0.1) is 0 Å². The van der Waals surface area contributed by atoms with Crippen molar-refractivity contribution in [1.29, 1.82) is 0 Å². The molecule has 3 aromatic carbocycles. The fourth-order valence-corrected chi connectivity index (χ4v) is 2.27. The lowest BCUT2D eigenvalue weighted by Gasteiger charge is -2.06. The Hall–Kier alpha value is -3.47. The van der Waals surface area contributed by atoms with E-state index in [4.69, 9.17) is 0 Å². The molecule has 0 heterocycles. The van der Waals surface area contributed by atoms with Crippen LogP contribution in [0.4, 0.5) is 10.5 Å². The summed E-state index contributed by atoms with van der Waals surface area (Å²) in [4.78, 5) is 28.3. The molecule has 0 saturated carbocycles. The van der Waals surface area contributed by atoms with Gasteiger partial charge in [-0.25, -0.2) is 4.79 Å². The number of nitrogens with one attached hydrogen (secondary N) is 1. The van der Waals surface area contributed by atoms with Crippen LogP contribution in [0.1, 0.15) is 10.4 Å². The minimum atomic E-state index is -0.761. The first kappa shape index (κ1) is 15.4. The van der Waals surface area contributed by atoms with E-state index in [1.54, 1.807) is 30.3 Å². The van der Waals surface area contributed by atoms with E-state index in [1.807, 2.05) is 42.5 Å². The Balaban J connectivity index is 1.63. The van der Waals surface area contributed by atoms with E-state index in [2.05, 4.69) is 15.3 Å². The third-order valence-corrected chi connectivity index (χ3v) is 3.39. The van der Waals surface area contributed by atoms with Gasteiger partial charge in [-0.05, 0) is 11.5 Å². The molecule has 0 spiro atoms. The highest BCUT2D eigenvalue weighted by Crippen LogP contribution is 2.22. The highest BCUT2D eigenvalue weighted by Gasteiger charge is 2.07. The van der Waals surface area contributed by atoms with Gasteiger partial charge in [0, 0.05) is 10.9 Å². The Labute approximate surface area is 138 Å². The molecule has 0 saturated heterocycles. The van der Waals surface area contributed by atoms with Crippen LogP contribution in [0.5, 0.6) is 0 Å². The van der Waals surface area contributed by atoms with Gasteiger partial charge in [0.15, 0.2) is 0 Å². The van der Waals surface area contributed by atoms with Crippen LogP contribution < -0.4 is 5.32 Å². The number of ketones is 1. The highest BCUT2D eigenvalue weighted by atomic mass is 16.7. The fraction of sp³-hybridized carbons (Fsp3) is 0. The van der Waals surface area contributed by atoms with Crippen LogP contribution in [0.3, 0.4) is 0 Å². The molecule has 5 nitrogen and oxygen atoms in total. The molecule has 3 rings (SSSR count). The average molecular weight is 318 g/mol. The lowest BCUT2D eigenvalue weighted by atomic mass is 10.1. The van der Waals surface area contributed by atoms with Gasteiger partial charge in [-0.2, -0.15) is 0 Å². The molecule has 0 fully saturated rings. The van der Waals surface area contributed by atoms with E-state index in [0.29, 0.717) is 11.3 Å². The molecule has 0 unspecified atom stereocenters. The molecule has 0 aliphatic rings. The fourth-order valence-electron chi connectivity index (χ4n) is 2.27. The summed E-state index contributed by atoms with van der Waals surface area (Å²) < 4.78 is 0. The van der Waals surface area contributed by atoms with Gasteiger partial charge in [0.25, 0.3) is 0 Å². The van der Waals surface area contributed by atoms with E-state index >= 15 is 0 Å². The third kappa shape index (κ3) is 3.64. The van der Waals surface area contributed by atoms with E-state index < -0.39 is 6.09 Å². The quantitative estimate of drug-likeness (QED) is 0.338. The molecule has 1 amide bonds. The van der Waals surface area contributed by atoms with Crippen LogP contribution >= 0.6 is 0 Å². The van der Waals surface area contributed by atoms with Crippen molar-refractivity contribution in [3.05, 3.63) is 78.4 Å². The number of fused-ring (bicyclic) bond motifs is 1. The van der Waals surface area contributed by atoms with Crippen molar-refractivity contribution in [3.63, 3.8) is 0 Å². The summed E-state index contributed by atoms with van der Waals surface area (Å²) in [5.41, 5.74) is 1.09. The largest absolute Gasteiger partial charge is 0.437 e. The first-order chi connectivity index (χ1) is 11.7. The van der Waals surface area contributed by atoms with Crippen molar-refractivity contribution >= 4 is 34.6 Å². The van der Waals surface area contributed by atoms with Gasteiger partial charge in [0.05, 0.1) is 5.69 Å². The number of hydrogen-bond acceptors (Lipinski definition) is 4. The van der Waals surface area contributed by atoms with E-state index in [0.717, 1.165) is 17.0 Å². The topological polar surface area (TPSA) is 67.8 Å². The molecular weight excluding hydrogens is 304 g/mol. The van der Waals surface area contributed by atoms with Gasteiger partial charge < -0.3 is 0 Å². The van der Waals surface area contributed by atoms with Crippen molar-refractivity contribution in [2.45, 2.75) is 0 Å². The zero-order valence-corrected chi connectivity index (χ0v) is 12.7. The van der Waals surface area contributed by atoms with Crippen LogP contribution in [0.2, 0.25) is 0 Å². The van der Waals surface area contributed by atoms with E-state index in [-0.39, 0.29) is 5.78 Å². The molecule has 1 N–H and O–H groups in total. The molecule has 3 aromatic rings. The molecule has 5 heteroatoms. The van der Waals surface area contributed by atoms with E-state index in [1.165, 1.54) is 0 Å². The number of Topliss-reactive ketones (excluding diaryl/α,β-unsaturated/α-hetero) is 1. The van der Waals surface area contributed by atoms with Gasteiger partial charge >= 0.3 is 6.09 Å². The van der Waals surface area contributed by atoms with Crippen LogP contribution in [-0.2, 0) is 4.84 Å². The van der Waals surface area contributed by atoms with E-state index in [9.17, 15) is 9.59 Å². The summed E-state index contributed by atoms with van der Waals surface area (Å²) in [5, 5.41) is 7.94. The standard InChI is InChI=1S/C19H14N2O3/c22-18(15-8-2-1-3-9-15)13-20-24-19(23)21-17-12-6-10-14-7-4-5-11-16(14)17/h1-13H,(H,21,23)/b20-13+. The minimum Gasteiger partial charge on any atom is -0.298 e. The van der Waals surface area contributed by atoms with Gasteiger partial charge in [-0.1, -0.05) is 71.9 Å². The Morgan fingerprint density at radius 2 is 1.58 bits per heavy atom. The van der Waals surface area contributed by atoms with Gasteiger partial charge in [-0.15, -0.1) is 0 Å². The molecule has 0 aromatic heterocycles. The molecule has 118 valence electrons. The first-order valence-corrected chi connectivity index (χ1v) is 7.32. The number of carbonyl (C=O) groups excluding carboxylic acids is 2. The molecule has 24 heavy (non-hydrogen) atoms. The number of oxime groups is 1. The number of anilines is 1. The van der Waals surface area contributed by atoms with Gasteiger partial charge in [-0.3, -0.25) is 14.9 Å². The van der Waals surface area contributed by atoms with Crippen molar-refractivity contribution < 1.29 is 14.4 Å². The second kappa shape index (κ2) is 7.19. The molecular formula is C19H14N2O3. The monoisotopic (exact) mass is 318 g/mol. The van der Waals surface area contributed by atoms with Crippen molar-refractivity contribution in [2.75, 3.05) is 5.32 Å². The highest BCUT2D eigenvalue weighted by molar-refractivity contribution is 6.35. The first-order valence-electron chi connectivity index (χ1n) is 7.32. The number of carbonyl (C=O) groups is 2. The maximum atomic E-state index is 11.8. The lowest BCUT2D eigenvalue weighted by Crippen LogP contribution is -2.12. The van der Waals surface area contributed by atoms with Crippen molar-refractivity contribution in [3.8, 4) is 0 Å². The second-order valence-electron chi connectivity index (χ2n) is 5.00. The summed E-state index contributed by atoms with van der Waals surface area (Å²) >= 11 is 0. The molecule has 0 bridgehead atoms. The Morgan fingerprint density at radius 3 is 2.42 bits per heavy atom. The molecule has 0 aliphatic heterocycles. The smallest absolute Gasteiger partial charge is 0.298 e. The number of rotatable bonds is 4. The number of nitrogens with zero attached hydrogens (tertiary/aromatic N) is 1. The average Bonchev–Trinajstić information content (AvgIpc) is 2.63. The number of hydrogen-bond donors (Lipinski definition) is 1. The third-order valence-electron chi connectivity index (χ3n) is 3.39. The minimum absolute atomic E-state index is 0.339. The number of amides is 1. The van der Waals surface area contributed by atoms with Crippen LogP contribution in [-0.4, -0.2) is 18.1 Å². The Morgan fingerprint density at radius 1 is 0.875 bits per heavy atom. The zero-order valence-electron chi connectivity index (χ0n) is 12.7. The summed E-state index contributed by atoms with van der Waals surface area (Å²) in [7, 11) is 0. The summed E-state index contributed by atoms with van der Waals surface area (Å²) in [6.07, 6.45) is 0.210. The SMILES string of the molecule is O=C(Nc1cccc2ccccc12)O/N=C/C(=O)c1ccccc1. The van der Waals surface area contributed by atoms with Crippen molar-refractivity contribution in [1.82, 2.24) is 0 Å². The molecule has 0 atom stereocenters.